The molecule has 0 fully saturated rings. The van der Waals surface area contributed by atoms with E-state index in [1.807, 2.05) is 0 Å². The maximum atomic E-state index is 13.8. The van der Waals surface area contributed by atoms with Gasteiger partial charge in [-0.1, -0.05) is 34.8 Å². The molecular weight excluding hydrogens is 299 g/mol. The van der Waals surface area contributed by atoms with Crippen molar-refractivity contribution in [2.24, 2.45) is 0 Å². The Labute approximate surface area is 118 Å². The maximum Gasteiger partial charge on any atom is 0.149 e. The molecule has 0 saturated heterocycles. The zero-order valence-electron chi connectivity index (χ0n) is 8.92. The van der Waals surface area contributed by atoms with E-state index in [1.165, 1.54) is 18.3 Å². The molecule has 0 unspecified atom stereocenters. The highest BCUT2D eigenvalue weighted by Gasteiger charge is 2.15. The van der Waals surface area contributed by atoms with E-state index in [0.29, 0.717) is 11.1 Å². The van der Waals surface area contributed by atoms with Crippen LogP contribution in [0.5, 0.6) is 0 Å². The summed E-state index contributed by atoms with van der Waals surface area (Å²) in [5.41, 5.74) is 0.802. The minimum absolute atomic E-state index is 0.0655. The first-order valence-electron chi connectivity index (χ1n) is 4.93. The average molecular weight is 307 g/mol. The minimum Gasteiger partial charge on any atom is -0.392 e. The van der Waals surface area contributed by atoms with Crippen LogP contribution >= 0.6 is 34.8 Å². The van der Waals surface area contributed by atoms with E-state index < -0.39 is 5.82 Å². The normalized spacial score (nSPS) is 10.7. The van der Waals surface area contributed by atoms with Gasteiger partial charge in [-0.25, -0.2) is 4.39 Å². The molecule has 0 atom stereocenters. The molecule has 1 heterocycles. The zero-order valence-corrected chi connectivity index (χ0v) is 11.2. The van der Waals surface area contributed by atoms with Gasteiger partial charge in [0.05, 0.1) is 21.7 Å². The third-order valence-electron chi connectivity index (χ3n) is 2.37. The standard InChI is InChI=1S/C12H7Cl3FNO/c13-8-2-1-7(10(14)11(8)15)12-9(16)3-6(5-18)4-17-12/h1-4,18H,5H2. The Morgan fingerprint density at radius 3 is 2.50 bits per heavy atom. The lowest BCUT2D eigenvalue weighted by Gasteiger charge is -2.08. The Kier molecular flexibility index (Phi) is 4.07. The van der Waals surface area contributed by atoms with E-state index in [0.717, 1.165) is 0 Å². The summed E-state index contributed by atoms with van der Waals surface area (Å²) in [5, 5.41) is 9.48. The molecule has 0 radical (unpaired) electrons. The lowest BCUT2D eigenvalue weighted by Crippen LogP contribution is -1.94. The smallest absolute Gasteiger partial charge is 0.149 e. The van der Waals surface area contributed by atoms with Crippen molar-refractivity contribution in [1.82, 2.24) is 4.98 Å². The van der Waals surface area contributed by atoms with Gasteiger partial charge in [-0.05, 0) is 23.8 Å². The molecule has 0 saturated carbocycles. The number of benzene rings is 1. The molecule has 1 N–H and O–H groups in total. The summed E-state index contributed by atoms with van der Waals surface area (Å²) in [6.45, 7) is -0.278. The predicted molar refractivity (Wildman–Crippen MR) is 70.6 cm³/mol. The van der Waals surface area contributed by atoms with E-state index in [1.54, 1.807) is 6.07 Å². The molecule has 2 nitrogen and oxygen atoms in total. The number of aromatic nitrogens is 1. The first-order chi connectivity index (χ1) is 8.54. The molecule has 0 aliphatic heterocycles. The van der Waals surface area contributed by atoms with Gasteiger partial charge in [0, 0.05) is 11.8 Å². The number of hydrogen-bond donors (Lipinski definition) is 1. The van der Waals surface area contributed by atoms with Crippen LogP contribution in [-0.4, -0.2) is 10.1 Å². The Hall–Kier alpha value is -0.870. The molecular formula is C12H7Cl3FNO. The molecule has 94 valence electrons. The topological polar surface area (TPSA) is 33.1 Å². The third kappa shape index (κ3) is 2.45. The molecule has 1 aromatic heterocycles. The number of halogens is 4. The number of aliphatic hydroxyl groups excluding tert-OH is 1. The summed E-state index contributed by atoms with van der Waals surface area (Å²) in [6.07, 6.45) is 1.37. The van der Waals surface area contributed by atoms with Crippen molar-refractivity contribution in [2.45, 2.75) is 6.61 Å². The number of rotatable bonds is 2. The molecule has 2 aromatic rings. The molecule has 0 aliphatic carbocycles. The van der Waals surface area contributed by atoms with Crippen LogP contribution in [0.25, 0.3) is 11.3 Å². The molecule has 2 rings (SSSR count). The average Bonchev–Trinajstić information content (AvgIpc) is 2.37. The van der Waals surface area contributed by atoms with Gasteiger partial charge < -0.3 is 5.11 Å². The monoisotopic (exact) mass is 305 g/mol. The van der Waals surface area contributed by atoms with Gasteiger partial charge >= 0.3 is 0 Å². The van der Waals surface area contributed by atoms with Gasteiger partial charge in [-0.15, -0.1) is 0 Å². The van der Waals surface area contributed by atoms with Crippen molar-refractivity contribution in [3.63, 3.8) is 0 Å². The SMILES string of the molecule is OCc1cnc(-c2ccc(Cl)c(Cl)c2Cl)c(F)c1. The van der Waals surface area contributed by atoms with Crippen LogP contribution < -0.4 is 0 Å². The second-order valence-corrected chi connectivity index (χ2v) is 4.72. The molecule has 6 heteroatoms. The first-order valence-corrected chi connectivity index (χ1v) is 6.07. The van der Waals surface area contributed by atoms with Crippen molar-refractivity contribution in [1.29, 1.82) is 0 Å². The van der Waals surface area contributed by atoms with E-state index in [2.05, 4.69) is 4.98 Å². The number of aliphatic hydroxyl groups is 1. The van der Waals surface area contributed by atoms with Crippen LogP contribution in [0.3, 0.4) is 0 Å². The zero-order chi connectivity index (χ0) is 13.3. The highest BCUT2D eigenvalue weighted by molar-refractivity contribution is 6.49. The highest BCUT2D eigenvalue weighted by atomic mass is 35.5. The minimum atomic E-state index is -0.582. The van der Waals surface area contributed by atoms with E-state index in [9.17, 15) is 4.39 Å². The van der Waals surface area contributed by atoms with Crippen LogP contribution in [0.4, 0.5) is 4.39 Å². The predicted octanol–water partition coefficient (Wildman–Crippen LogP) is 4.34. The summed E-state index contributed by atoms with van der Waals surface area (Å²) in [6, 6.07) is 4.26. The number of pyridine rings is 1. The van der Waals surface area contributed by atoms with Crippen molar-refractivity contribution >= 4 is 34.8 Å². The van der Waals surface area contributed by atoms with Crippen molar-refractivity contribution in [3.8, 4) is 11.3 Å². The summed E-state index contributed by atoms with van der Waals surface area (Å²) >= 11 is 17.7. The third-order valence-corrected chi connectivity index (χ3v) is 3.66. The van der Waals surface area contributed by atoms with Gasteiger partial charge in [0.1, 0.15) is 11.5 Å². The Morgan fingerprint density at radius 1 is 1.17 bits per heavy atom. The molecule has 1 aromatic carbocycles. The Balaban J connectivity index is 2.59. The molecule has 0 aliphatic rings. The van der Waals surface area contributed by atoms with E-state index in [-0.39, 0.29) is 27.4 Å². The second-order valence-electron chi connectivity index (χ2n) is 3.56. The summed E-state index contributed by atoms with van der Waals surface area (Å²) in [4.78, 5) is 3.93. The molecule has 0 spiro atoms. The Morgan fingerprint density at radius 2 is 1.89 bits per heavy atom. The molecule has 0 amide bonds. The van der Waals surface area contributed by atoms with Gasteiger partial charge in [-0.3, -0.25) is 4.98 Å². The fourth-order valence-corrected chi connectivity index (χ4v) is 2.10. The maximum absolute atomic E-state index is 13.8. The molecule has 0 bridgehead atoms. The van der Waals surface area contributed by atoms with Crippen LogP contribution in [-0.2, 0) is 6.61 Å². The van der Waals surface area contributed by atoms with Gasteiger partial charge in [0.2, 0.25) is 0 Å². The van der Waals surface area contributed by atoms with Crippen molar-refractivity contribution in [3.05, 3.63) is 50.8 Å². The van der Waals surface area contributed by atoms with Crippen LogP contribution in [0.2, 0.25) is 15.1 Å². The van der Waals surface area contributed by atoms with Crippen molar-refractivity contribution in [2.75, 3.05) is 0 Å². The molecule has 18 heavy (non-hydrogen) atoms. The highest BCUT2D eigenvalue weighted by Crippen LogP contribution is 2.38. The van der Waals surface area contributed by atoms with Gasteiger partial charge in [0.15, 0.2) is 0 Å². The lowest BCUT2D eigenvalue weighted by atomic mass is 10.1. The van der Waals surface area contributed by atoms with Crippen LogP contribution in [0, 0.1) is 5.82 Å². The van der Waals surface area contributed by atoms with Gasteiger partial charge in [-0.2, -0.15) is 0 Å². The largest absolute Gasteiger partial charge is 0.392 e. The first kappa shape index (κ1) is 13.6. The lowest BCUT2D eigenvalue weighted by molar-refractivity contribution is 0.280. The quantitative estimate of drug-likeness (QED) is 0.837. The van der Waals surface area contributed by atoms with E-state index in [4.69, 9.17) is 39.9 Å². The number of nitrogens with zero attached hydrogens (tertiary/aromatic N) is 1. The Bertz CT molecular complexity index is 604. The summed E-state index contributed by atoms with van der Waals surface area (Å²) in [7, 11) is 0. The summed E-state index contributed by atoms with van der Waals surface area (Å²) < 4.78 is 13.8. The number of hydrogen-bond acceptors (Lipinski definition) is 2. The van der Waals surface area contributed by atoms with Crippen LogP contribution in [0.15, 0.2) is 24.4 Å². The fraction of sp³-hybridized carbons (Fsp3) is 0.0833. The van der Waals surface area contributed by atoms with Crippen LogP contribution in [0.1, 0.15) is 5.56 Å². The van der Waals surface area contributed by atoms with Crippen molar-refractivity contribution < 1.29 is 9.50 Å². The fourth-order valence-electron chi connectivity index (χ4n) is 1.47. The second kappa shape index (κ2) is 5.41. The summed E-state index contributed by atoms with van der Waals surface area (Å²) in [5.74, 6) is -0.582. The van der Waals surface area contributed by atoms with Gasteiger partial charge in [0.25, 0.3) is 0 Å². The van der Waals surface area contributed by atoms with E-state index >= 15 is 0 Å².